The minimum atomic E-state index is -2.11. The maximum absolute atomic E-state index is 13.8. The Labute approximate surface area is 116 Å². The van der Waals surface area contributed by atoms with Gasteiger partial charge in [0.25, 0.3) is 0 Å². The molecule has 3 aromatic rings. The van der Waals surface area contributed by atoms with Crippen molar-refractivity contribution >= 4 is 21.5 Å². The minimum Gasteiger partial charge on any atom is -0.206 e. The maximum atomic E-state index is 13.8. The van der Waals surface area contributed by atoms with Gasteiger partial charge in [-0.25, -0.2) is 35.1 Å². The fraction of sp³-hybridized carbons (Fsp3) is 0. The highest BCUT2D eigenvalue weighted by Crippen LogP contribution is 2.38. The van der Waals surface area contributed by atoms with E-state index < -0.39 is 68.1 Å². The van der Waals surface area contributed by atoms with Gasteiger partial charge < -0.3 is 0 Å². The first-order valence-electron chi connectivity index (χ1n) is 5.67. The van der Waals surface area contributed by atoms with Crippen LogP contribution < -0.4 is 0 Å². The zero-order valence-corrected chi connectivity index (χ0v) is 10.2. The van der Waals surface area contributed by atoms with E-state index in [9.17, 15) is 35.1 Å². The van der Waals surface area contributed by atoms with Gasteiger partial charge in [0, 0.05) is 22.9 Å². The van der Waals surface area contributed by atoms with Crippen LogP contribution in [-0.4, -0.2) is 0 Å². The van der Waals surface area contributed by atoms with E-state index in [1.54, 1.807) is 0 Å². The monoisotopic (exact) mass is 322 g/mol. The summed E-state index contributed by atoms with van der Waals surface area (Å²) in [5, 5.41) is -5.59. The standard InChI is InChI=1S/C14H2F8/c15-3-1-6(18)12(20)10-7(3)9-8(13(21)14(10)22)4(16)2-5(17)11(9)19/h1-2H. The van der Waals surface area contributed by atoms with Crippen LogP contribution in [0, 0.1) is 46.5 Å². The van der Waals surface area contributed by atoms with Gasteiger partial charge >= 0.3 is 0 Å². The van der Waals surface area contributed by atoms with Gasteiger partial charge in [-0.05, 0) is 0 Å². The van der Waals surface area contributed by atoms with Crippen LogP contribution in [0.1, 0.15) is 0 Å². The van der Waals surface area contributed by atoms with Crippen molar-refractivity contribution in [1.82, 2.24) is 0 Å². The summed E-state index contributed by atoms with van der Waals surface area (Å²) in [5.74, 6) is -15.2. The van der Waals surface area contributed by atoms with Gasteiger partial charge in [-0.1, -0.05) is 0 Å². The van der Waals surface area contributed by atoms with E-state index in [-0.39, 0.29) is 12.1 Å². The Morgan fingerprint density at radius 2 is 0.773 bits per heavy atom. The number of hydrogen-bond acceptors (Lipinski definition) is 0. The summed E-state index contributed by atoms with van der Waals surface area (Å²) in [6, 6.07) is -0.124. The molecule has 3 rings (SSSR count). The molecule has 0 spiro atoms. The lowest BCUT2D eigenvalue weighted by molar-refractivity contribution is 0.483. The zero-order valence-electron chi connectivity index (χ0n) is 10.2. The first-order chi connectivity index (χ1) is 10.3. The fourth-order valence-corrected chi connectivity index (χ4v) is 2.31. The van der Waals surface area contributed by atoms with Gasteiger partial charge in [-0.15, -0.1) is 0 Å². The van der Waals surface area contributed by atoms with Crippen molar-refractivity contribution in [2.45, 2.75) is 0 Å². The molecule has 0 aromatic heterocycles. The summed E-state index contributed by atoms with van der Waals surface area (Å²) in [6.07, 6.45) is 0. The molecule has 0 radical (unpaired) electrons. The summed E-state index contributed by atoms with van der Waals surface area (Å²) in [6.45, 7) is 0. The summed E-state index contributed by atoms with van der Waals surface area (Å²) in [4.78, 5) is 0. The van der Waals surface area contributed by atoms with E-state index in [2.05, 4.69) is 0 Å². The largest absolute Gasteiger partial charge is 0.206 e. The predicted octanol–water partition coefficient (Wildman–Crippen LogP) is 5.11. The maximum Gasteiger partial charge on any atom is 0.170 e. The van der Waals surface area contributed by atoms with Gasteiger partial charge in [0.05, 0.1) is 10.8 Å². The van der Waals surface area contributed by atoms with Crippen molar-refractivity contribution < 1.29 is 35.1 Å². The Bertz CT molecular complexity index is 961. The highest BCUT2D eigenvalue weighted by molar-refractivity contribution is 6.09. The summed E-state index contributed by atoms with van der Waals surface area (Å²) in [5.41, 5.74) is 0. The Morgan fingerprint density at radius 1 is 0.364 bits per heavy atom. The third kappa shape index (κ3) is 1.69. The Hall–Kier alpha value is -2.38. The molecule has 0 aliphatic rings. The van der Waals surface area contributed by atoms with E-state index in [1.165, 1.54) is 0 Å². The normalized spacial score (nSPS) is 11.6. The Kier molecular flexibility index (Phi) is 3.01. The van der Waals surface area contributed by atoms with E-state index in [4.69, 9.17) is 0 Å². The van der Waals surface area contributed by atoms with Gasteiger partial charge in [0.15, 0.2) is 34.9 Å². The van der Waals surface area contributed by atoms with Crippen molar-refractivity contribution in [1.29, 1.82) is 0 Å². The lowest BCUT2D eigenvalue weighted by Crippen LogP contribution is -2.02. The predicted molar refractivity (Wildman–Crippen MR) is 61.1 cm³/mol. The average Bonchev–Trinajstić information content (AvgIpc) is 2.44. The van der Waals surface area contributed by atoms with Crippen LogP contribution in [0.25, 0.3) is 21.5 Å². The van der Waals surface area contributed by atoms with Crippen molar-refractivity contribution in [3.63, 3.8) is 0 Å². The molecule has 0 fully saturated rings. The zero-order chi connectivity index (χ0) is 16.3. The summed E-state index contributed by atoms with van der Waals surface area (Å²) < 4.78 is 109. The smallest absolute Gasteiger partial charge is 0.170 e. The second kappa shape index (κ2) is 4.56. The molecule has 0 heterocycles. The molecular formula is C14H2F8. The molecule has 0 amide bonds. The number of benzene rings is 3. The van der Waals surface area contributed by atoms with Gasteiger partial charge in [-0.2, -0.15) is 0 Å². The average molecular weight is 322 g/mol. The van der Waals surface area contributed by atoms with E-state index in [1.807, 2.05) is 0 Å². The van der Waals surface area contributed by atoms with Crippen molar-refractivity contribution in [3.8, 4) is 0 Å². The van der Waals surface area contributed by atoms with Crippen molar-refractivity contribution in [3.05, 3.63) is 58.7 Å². The molecule has 0 saturated carbocycles. The van der Waals surface area contributed by atoms with Gasteiger partial charge in [0.2, 0.25) is 0 Å². The molecule has 0 N–H and O–H groups in total. The Morgan fingerprint density at radius 3 is 1.32 bits per heavy atom. The van der Waals surface area contributed by atoms with Crippen molar-refractivity contribution in [2.75, 3.05) is 0 Å². The molecule has 0 nitrogen and oxygen atoms in total. The van der Waals surface area contributed by atoms with Crippen LogP contribution in [0.3, 0.4) is 0 Å². The first kappa shape index (κ1) is 14.6. The third-order valence-electron chi connectivity index (χ3n) is 3.22. The molecule has 0 unspecified atom stereocenters. The number of rotatable bonds is 0. The van der Waals surface area contributed by atoms with Crippen LogP contribution in [0.4, 0.5) is 35.1 Å². The van der Waals surface area contributed by atoms with E-state index >= 15 is 0 Å². The SMILES string of the molecule is Fc1cc(F)c2c(c1F)c(F)c(F)c1c(F)cc(F)c(F)c12. The number of hydrogen-bond donors (Lipinski definition) is 0. The highest BCUT2D eigenvalue weighted by Gasteiger charge is 2.28. The van der Waals surface area contributed by atoms with Crippen LogP contribution in [-0.2, 0) is 0 Å². The molecule has 0 aliphatic carbocycles. The molecule has 0 atom stereocenters. The van der Waals surface area contributed by atoms with E-state index in [0.29, 0.717) is 0 Å². The number of halogens is 8. The molecule has 22 heavy (non-hydrogen) atoms. The molecule has 8 heteroatoms. The Balaban J connectivity index is 2.82. The molecule has 114 valence electrons. The van der Waals surface area contributed by atoms with Crippen LogP contribution in [0.5, 0.6) is 0 Å². The van der Waals surface area contributed by atoms with E-state index in [0.717, 1.165) is 0 Å². The molecule has 0 bridgehead atoms. The highest BCUT2D eigenvalue weighted by atomic mass is 19.2. The topological polar surface area (TPSA) is 0 Å². The second-order valence-corrected chi connectivity index (χ2v) is 4.44. The van der Waals surface area contributed by atoms with Gasteiger partial charge in [0.1, 0.15) is 11.6 Å². The third-order valence-corrected chi connectivity index (χ3v) is 3.22. The van der Waals surface area contributed by atoms with Crippen LogP contribution in [0.15, 0.2) is 12.1 Å². The van der Waals surface area contributed by atoms with Gasteiger partial charge in [-0.3, -0.25) is 0 Å². The lowest BCUT2D eigenvalue weighted by atomic mass is 9.98. The lowest BCUT2D eigenvalue weighted by Gasteiger charge is -2.11. The first-order valence-corrected chi connectivity index (χ1v) is 5.67. The minimum absolute atomic E-state index is 0.0588. The second-order valence-electron chi connectivity index (χ2n) is 4.44. The molecule has 0 saturated heterocycles. The quantitative estimate of drug-likeness (QED) is 0.307. The molecule has 3 aromatic carbocycles. The fourth-order valence-electron chi connectivity index (χ4n) is 2.31. The van der Waals surface area contributed by atoms with Crippen LogP contribution >= 0.6 is 0 Å². The molecular weight excluding hydrogens is 320 g/mol. The van der Waals surface area contributed by atoms with Crippen LogP contribution in [0.2, 0.25) is 0 Å². The summed E-state index contributed by atoms with van der Waals surface area (Å²) in [7, 11) is 0. The number of fused-ring (bicyclic) bond motifs is 3. The summed E-state index contributed by atoms with van der Waals surface area (Å²) >= 11 is 0. The van der Waals surface area contributed by atoms with Crippen molar-refractivity contribution in [2.24, 2.45) is 0 Å². The molecule has 0 aliphatic heterocycles.